The predicted octanol–water partition coefficient (Wildman–Crippen LogP) is 1.78. The van der Waals surface area contributed by atoms with Crippen LogP contribution in [0.15, 0.2) is 29.2 Å². The average Bonchev–Trinajstić information content (AvgIpc) is 2.58. The van der Waals surface area contributed by atoms with E-state index in [1.165, 1.54) is 6.39 Å². The Hall–Kier alpha value is -1.42. The third kappa shape index (κ3) is 1.29. The molecule has 0 aliphatic rings. The van der Waals surface area contributed by atoms with Crippen molar-refractivity contribution in [3.05, 3.63) is 29.9 Å². The zero-order valence-corrected chi connectivity index (χ0v) is 6.69. The van der Waals surface area contributed by atoms with Crippen molar-refractivity contribution in [2.45, 2.75) is 0 Å². The monoisotopic (exact) mass is 181 g/mol. The fourth-order valence-corrected chi connectivity index (χ4v) is 0.918. The van der Waals surface area contributed by atoms with E-state index in [0.29, 0.717) is 11.0 Å². The van der Waals surface area contributed by atoms with Crippen LogP contribution in [-0.4, -0.2) is 15.1 Å². The van der Waals surface area contributed by atoms with Gasteiger partial charge in [0, 0.05) is 11.8 Å². The van der Waals surface area contributed by atoms with Gasteiger partial charge in [0.05, 0.1) is 0 Å². The zero-order chi connectivity index (χ0) is 8.39. The first-order valence-corrected chi connectivity index (χ1v) is 3.62. The molecule has 0 saturated heterocycles. The van der Waals surface area contributed by atoms with E-state index in [1.807, 2.05) is 0 Å². The van der Waals surface area contributed by atoms with E-state index in [0.717, 1.165) is 5.56 Å². The summed E-state index contributed by atoms with van der Waals surface area (Å²) in [6, 6.07) is 3.45. The standard InChI is InChI=1S/C7H4ClN3O/c8-6-2-1-5(3-9-6)7-10-4-12-11-7/h1-4H. The molecular weight excluding hydrogens is 178 g/mol. The van der Waals surface area contributed by atoms with Crippen molar-refractivity contribution in [1.29, 1.82) is 0 Å². The van der Waals surface area contributed by atoms with Crippen LogP contribution in [0.2, 0.25) is 5.15 Å². The highest BCUT2D eigenvalue weighted by Crippen LogP contribution is 2.14. The summed E-state index contributed by atoms with van der Waals surface area (Å²) < 4.78 is 4.58. The van der Waals surface area contributed by atoms with Crippen LogP contribution in [0.3, 0.4) is 0 Å². The van der Waals surface area contributed by atoms with Crippen LogP contribution >= 0.6 is 11.6 Å². The Kier molecular flexibility index (Phi) is 1.75. The van der Waals surface area contributed by atoms with Gasteiger partial charge in [-0.1, -0.05) is 16.8 Å². The number of hydrogen-bond acceptors (Lipinski definition) is 4. The summed E-state index contributed by atoms with van der Waals surface area (Å²) in [7, 11) is 0. The summed E-state index contributed by atoms with van der Waals surface area (Å²) in [5.74, 6) is 0.513. The molecule has 0 N–H and O–H groups in total. The molecule has 0 saturated carbocycles. The summed E-state index contributed by atoms with van der Waals surface area (Å²) in [6.07, 6.45) is 2.86. The number of pyridine rings is 1. The molecule has 0 spiro atoms. The number of halogens is 1. The minimum atomic E-state index is 0.447. The largest absolute Gasteiger partial charge is 0.342 e. The molecule has 60 valence electrons. The van der Waals surface area contributed by atoms with Gasteiger partial charge in [0.15, 0.2) is 0 Å². The Bertz CT molecular complexity index is 357. The van der Waals surface area contributed by atoms with Crippen LogP contribution in [0.1, 0.15) is 0 Å². The highest BCUT2D eigenvalue weighted by atomic mass is 35.5. The SMILES string of the molecule is Clc1ccc(-c2ncon2)cn1. The van der Waals surface area contributed by atoms with E-state index in [4.69, 9.17) is 11.6 Å². The smallest absolute Gasteiger partial charge is 0.214 e. The van der Waals surface area contributed by atoms with Gasteiger partial charge in [-0.15, -0.1) is 0 Å². The highest BCUT2D eigenvalue weighted by Gasteiger charge is 2.01. The van der Waals surface area contributed by atoms with Crippen LogP contribution in [0.5, 0.6) is 0 Å². The van der Waals surface area contributed by atoms with Crippen molar-refractivity contribution < 1.29 is 4.52 Å². The van der Waals surface area contributed by atoms with Crippen molar-refractivity contribution in [2.24, 2.45) is 0 Å². The lowest BCUT2D eigenvalue weighted by atomic mass is 10.3. The molecule has 5 heteroatoms. The third-order valence-corrected chi connectivity index (χ3v) is 1.57. The van der Waals surface area contributed by atoms with Gasteiger partial charge >= 0.3 is 0 Å². The predicted molar refractivity (Wildman–Crippen MR) is 42.5 cm³/mol. The van der Waals surface area contributed by atoms with E-state index >= 15 is 0 Å². The Labute approximate surface area is 73.2 Å². The van der Waals surface area contributed by atoms with Crippen LogP contribution in [0.25, 0.3) is 11.4 Å². The zero-order valence-electron chi connectivity index (χ0n) is 5.94. The van der Waals surface area contributed by atoms with E-state index in [9.17, 15) is 0 Å². The Morgan fingerprint density at radius 3 is 2.75 bits per heavy atom. The molecule has 0 atom stereocenters. The average molecular weight is 182 g/mol. The molecule has 0 aliphatic carbocycles. The van der Waals surface area contributed by atoms with Crippen LogP contribution in [0.4, 0.5) is 0 Å². The van der Waals surface area contributed by atoms with Gasteiger partial charge in [0.2, 0.25) is 12.2 Å². The number of nitrogens with zero attached hydrogens (tertiary/aromatic N) is 3. The van der Waals surface area contributed by atoms with Crippen molar-refractivity contribution in [3.8, 4) is 11.4 Å². The molecule has 0 unspecified atom stereocenters. The lowest BCUT2D eigenvalue weighted by molar-refractivity contribution is 0.418. The van der Waals surface area contributed by atoms with Crippen molar-refractivity contribution >= 4 is 11.6 Å². The molecule has 0 bridgehead atoms. The minimum absolute atomic E-state index is 0.447. The van der Waals surface area contributed by atoms with Gasteiger partial charge in [-0.05, 0) is 12.1 Å². The first kappa shape index (κ1) is 7.24. The Morgan fingerprint density at radius 1 is 1.25 bits per heavy atom. The molecule has 4 nitrogen and oxygen atoms in total. The summed E-state index contributed by atoms with van der Waals surface area (Å²) in [4.78, 5) is 7.73. The highest BCUT2D eigenvalue weighted by molar-refractivity contribution is 6.29. The maximum atomic E-state index is 5.60. The van der Waals surface area contributed by atoms with Gasteiger partial charge in [-0.2, -0.15) is 4.98 Å². The normalized spacial score (nSPS) is 10.1. The first-order valence-electron chi connectivity index (χ1n) is 3.24. The van der Waals surface area contributed by atoms with Gasteiger partial charge in [0.25, 0.3) is 0 Å². The second-order valence-electron chi connectivity index (χ2n) is 2.12. The van der Waals surface area contributed by atoms with E-state index < -0.39 is 0 Å². The maximum Gasteiger partial charge on any atom is 0.214 e. The fraction of sp³-hybridized carbons (Fsp3) is 0. The van der Waals surface area contributed by atoms with E-state index in [1.54, 1.807) is 18.3 Å². The molecule has 0 aliphatic heterocycles. The van der Waals surface area contributed by atoms with Gasteiger partial charge in [0.1, 0.15) is 5.15 Å². The lowest BCUT2D eigenvalue weighted by Gasteiger charge is -1.91. The molecule has 0 radical (unpaired) electrons. The number of aromatic nitrogens is 3. The van der Waals surface area contributed by atoms with Crippen molar-refractivity contribution in [1.82, 2.24) is 15.1 Å². The molecule has 2 aromatic rings. The summed E-state index contributed by atoms with van der Waals surface area (Å²) in [5, 5.41) is 4.09. The van der Waals surface area contributed by atoms with Crippen LogP contribution < -0.4 is 0 Å². The van der Waals surface area contributed by atoms with Crippen LogP contribution in [-0.2, 0) is 0 Å². The molecule has 2 heterocycles. The summed E-state index contributed by atoms with van der Waals surface area (Å²) in [6.45, 7) is 0. The summed E-state index contributed by atoms with van der Waals surface area (Å²) >= 11 is 5.60. The molecule has 2 aromatic heterocycles. The second kappa shape index (κ2) is 2.91. The number of hydrogen-bond donors (Lipinski definition) is 0. The fourth-order valence-electron chi connectivity index (χ4n) is 0.806. The Balaban J connectivity index is 2.43. The minimum Gasteiger partial charge on any atom is -0.342 e. The maximum absolute atomic E-state index is 5.60. The lowest BCUT2D eigenvalue weighted by Crippen LogP contribution is -1.81. The number of rotatable bonds is 1. The topological polar surface area (TPSA) is 51.8 Å². The molecular formula is C7H4ClN3O. The van der Waals surface area contributed by atoms with Gasteiger partial charge in [-0.3, -0.25) is 0 Å². The molecule has 0 amide bonds. The van der Waals surface area contributed by atoms with Crippen LogP contribution in [0, 0.1) is 0 Å². The third-order valence-electron chi connectivity index (χ3n) is 1.35. The molecule has 12 heavy (non-hydrogen) atoms. The first-order chi connectivity index (χ1) is 5.86. The Morgan fingerprint density at radius 2 is 2.17 bits per heavy atom. The van der Waals surface area contributed by atoms with Crippen molar-refractivity contribution in [2.75, 3.05) is 0 Å². The van der Waals surface area contributed by atoms with Gasteiger partial charge in [-0.25, -0.2) is 4.98 Å². The molecule has 0 fully saturated rings. The quantitative estimate of drug-likeness (QED) is 0.630. The summed E-state index contributed by atoms with van der Waals surface area (Å²) in [5.41, 5.74) is 0.785. The van der Waals surface area contributed by atoms with Crippen molar-refractivity contribution in [3.63, 3.8) is 0 Å². The molecule has 0 aromatic carbocycles. The molecule has 2 rings (SSSR count). The van der Waals surface area contributed by atoms with E-state index in [2.05, 4.69) is 19.6 Å². The van der Waals surface area contributed by atoms with E-state index in [-0.39, 0.29) is 0 Å². The second-order valence-corrected chi connectivity index (χ2v) is 2.51. The van der Waals surface area contributed by atoms with Gasteiger partial charge < -0.3 is 4.52 Å².